The third-order valence-corrected chi connectivity index (χ3v) is 4.84. The highest BCUT2D eigenvalue weighted by molar-refractivity contribution is 7.89. The van der Waals surface area contributed by atoms with E-state index < -0.39 is 10.0 Å². The summed E-state index contributed by atoms with van der Waals surface area (Å²) in [5, 5.41) is 3.35. The molecule has 0 aromatic carbocycles. The fraction of sp³-hybridized carbons (Fsp3) is 0.833. The standard InChI is InChI=1S/C12H24N2O2S/c1-3-5-9-14(17(15,16)10-4-2)11-12-7-6-8-13-12/h4,12-13H,2-3,5-11H2,1H3. The minimum Gasteiger partial charge on any atom is -0.313 e. The second-order valence-electron chi connectivity index (χ2n) is 4.57. The average molecular weight is 260 g/mol. The van der Waals surface area contributed by atoms with Gasteiger partial charge in [-0.05, 0) is 25.8 Å². The first-order chi connectivity index (χ1) is 8.10. The van der Waals surface area contributed by atoms with Gasteiger partial charge in [0, 0.05) is 19.1 Å². The molecule has 1 fully saturated rings. The van der Waals surface area contributed by atoms with Crippen LogP contribution in [0.25, 0.3) is 0 Å². The molecule has 1 N–H and O–H groups in total. The van der Waals surface area contributed by atoms with Crippen molar-refractivity contribution < 1.29 is 8.42 Å². The molecule has 4 nitrogen and oxygen atoms in total. The molecular weight excluding hydrogens is 236 g/mol. The van der Waals surface area contributed by atoms with Gasteiger partial charge < -0.3 is 5.32 Å². The summed E-state index contributed by atoms with van der Waals surface area (Å²) in [6.07, 6.45) is 5.62. The maximum absolute atomic E-state index is 12.1. The Morgan fingerprint density at radius 1 is 1.53 bits per heavy atom. The quantitative estimate of drug-likeness (QED) is 0.670. The molecule has 0 aromatic heterocycles. The molecule has 1 rings (SSSR count). The van der Waals surface area contributed by atoms with Gasteiger partial charge in [0.2, 0.25) is 10.0 Å². The zero-order valence-electron chi connectivity index (χ0n) is 10.7. The third-order valence-electron chi connectivity index (χ3n) is 3.07. The van der Waals surface area contributed by atoms with Gasteiger partial charge in [0.25, 0.3) is 0 Å². The van der Waals surface area contributed by atoms with Gasteiger partial charge in [-0.25, -0.2) is 12.7 Å². The van der Waals surface area contributed by atoms with Crippen LogP contribution in [0.3, 0.4) is 0 Å². The molecule has 0 spiro atoms. The second-order valence-corrected chi connectivity index (χ2v) is 6.59. The van der Waals surface area contributed by atoms with Crippen LogP contribution in [-0.2, 0) is 10.0 Å². The van der Waals surface area contributed by atoms with Gasteiger partial charge in [0.1, 0.15) is 0 Å². The van der Waals surface area contributed by atoms with Gasteiger partial charge >= 0.3 is 0 Å². The van der Waals surface area contributed by atoms with E-state index in [0.717, 1.165) is 32.2 Å². The van der Waals surface area contributed by atoms with Gasteiger partial charge in [0.15, 0.2) is 0 Å². The molecule has 0 bridgehead atoms. The minimum absolute atomic E-state index is 0.0451. The van der Waals surface area contributed by atoms with Crippen molar-refractivity contribution >= 4 is 10.0 Å². The summed E-state index contributed by atoms with van der Waals surface area (Å²) in [6.45, 7) is 7.84. The van der Waals surface area contributed by atoms with Crippen LogP contribution >= 0.6 is 0 Å². The van der Waals surface area contributed by atoms with E-state index in [1.165, 1.54) is 6.08 Å². The third kappa shape index (κ3) is 4.77. The molecule has 5 heteroatoms. The molecule has 1 heterocycles. The highest BCUT2D eigenvalue weighted by atomic mass is 32.2. The number of sulfonamides is 1. The van der Waals surface area contributed by atoms with E-state index in [4.69, 9.17) is 0 Å². The highest BCUT2D eigenvalue weighted by Crippen LogP contribution is 2.11. The molecule has 17 heavy (non-hydrogen) atoms. The van der Waals surface area contributed by atoms with Crippen molar-refractivity contribution in [2.75, 3.05) is 25.4 Å². The number of rotatable bonds is 8. The van der Waals surface area contributed by atoms with E-state index in [9.17, 15) is 8.42 Å². The Kier molecular flexibility index (Phi) is 6.16. The van der Waals surface area contributed by atoms with E-state index in [-0.39, 0.29) is 5.75 Å². The van der Waals surface area contributed by atoms with E-state index in [1.807, 2.05) is 0 Å². The van der Waals surface area contributed by atoms with Crippen molar-refractivity contribution in [1.82, 2.24) is 9.62 Å². The fourth-order valence-corrected chi connectivity index (χ4v) is 3.41. The lowest BCUT2D eigenvalue weighted by molar-refractivity contribution is 0.365. The van der Waals surface area contributed by atoms with Crippen LogP contribution in [0.4, 0.5) is 0 Å². The van der Waals surface area contributed by atoms with Crippen LogP contribution < -0.4 is 5.32 Å². The first-order valence-corrected chi connectivity index (χ1v) is 8.03. The zero-order chi connectivity index (χ0) is 12.7. The van der Waals surface area contributed by atoms with Gasteiger partial charge in [-0.1, -0.05) is 19.4 Å². The molecule has 1 atom stereocenters. The van der Waals surface area contributed by atoms with E-state index in [0.29, 0.717) is 19.1 Å². The van der Waals surface area contributed by atoms with Gasteiger partial charge in [-0.2, -0.15) is 0 Å². The summed E-state index contributed by atoms with van der Waals surface area (Å²) >= 11 is 0. The largest absolute Gasteiger partial charge is 0.313 e. The Hall–Kier alpha value is -0.390. The van der Waals surface area contributed by atoms with Crippen molar-refractivity contribution in [2.24, 2.45) is 0 Å². The fourth-order valence-electron chi connectivity index (χ4n) is 2.09. The normalized spacial score (nSPS) is 20.9. The van der Waals surface area contributed by atoms with Crippen molar-refractivity contribution in [3.05, 3.63) is 12.7 Å². The number of nitrogens with zero attached hydrogens (tertiary/aromatic N) is 1. The summed E-state index contributed by atoms with van der Waals surface area (Å²) in [7, 11) is -3.16. The SMILES string of the molecule is C=CCS(=O)(=O)N(CCCC)CC1CCCN1. The predicted molar refractivity (Wildman–Crippen MR) is 71.5 cm³/mol. The molecule has 0 aromatic rings. The summed E-state index contributed by atoms with van der Waals surface area (Å²) < 4.78 is 25.7. The molecule has 0 aliphatic carbocycles. The Balaban J connectivity index is 2.61. The second kappa shape index (κ2) is 7.13. The van der Waals surface area contributed by atoms with Crippen LogP contribution in [0.1, 0.15) is 32.6 Å². The summed E-state index contributed by atoms with van der Waals surface area (Å²) in [4.78, 5) is 0. The Labute approximate surface area is 105 Å². The lowest BCUT2D eigenvalue weighted by Crippen LogP contribution is -2.42. The average Bonchev–Trinajstić information content (AvgIpc) is 2.76. The smallest absolute Gasteiger partial charge is 0.217 e. The zero-order valence-corrected chi connectivity index (χ0v) is 11.5. The molecule has 0 radical (unpaired) electrons. The lowest BCUT2D eigenvalue weighted by atomic mass is 10.2. The minimum atomic E-state index is -3.16. The number of hydrogen-bond donors (Lipinski definition) is 1. The molecule has 0 saturated carbocycles. The molecule has 100 valence electrons. The first kappa shape index (κ1) is 14.7. The van der Waals surface area contributed by atoms with Gasteiger partial charge in [-0.3, -0.25) is 0 Å². The van der Waals surface area contributed by atoms with Crippen LogP contribution in [0, 0.1) is 0 Å². The van der Waals surface area contributed by atoms with Crippen molar-refractivity contribution in [3.8, 4) is 0 Å². The van der Waals surface area contributed by atoms with Crippen LogP contribution in [0.5, 0.6) is 0 Å². The summed E-state index contributed by atoms with van der Waals surface area (Å²) in [5.74, 6) is 0.0451. The Morgan fingerprint density at radius 3 is 2.82 bits per heavy atom. The Bertz CT molecular complexity index is 321. The van der Waals surface area contributed by atoms with Crippen molar-refractivity contribution in [2.45, 2.75) is 38.6 Å². The maximum atomic E-state index is 12.1. The highest BCUT2D eigenvalue weighted by Gasteiger charge is 2.25. The number of nitrogens with one attached hydrogen (secondary N) is 1. The molecule has 1 aliphatic rings. The van der Waals surface area contributed by atoms with Gasteiger partial charge in [0.05, 0.1) is 5.75 Å². The predicted octanol–water partition coefficient (Wildman–Crippen LogP) is 1.36. The van der Waals surface area contributed by atoms with Crippen molar-refractivity contribution in [3.63, 3.8) is 0 Å². The maximum Gasteiger partial charge on any atom is 0.217 e. The Morgan fingerprint density at radius 2 is 2.29 bits per heavy atom. The topological polar surface area (TPSA) is 49.4 Å². The van der Waals surface area contributed by atoms with Crippen LogP contribution in [-0.4, -0.2) is 44.2 Å². The summed E-state index contributed by atoms with van der Waals surface area (Å²) in [6, 6.07) is 0.325. The number of hydrogen-bond acceptors (Lipinski definition) is 3. The van der Waals surface area contributed by atoms with E-state index >= 15 is 0 Å². The molecule has 1 unspecified atom stereocenters. The first-order valence-electron chi connectivity index (χ1n) is 6.42. The molecule has 0 amide bonds. The monoisotopic (exact) mass is 260 g/mol. The van der Waals surface area contributed by atoms with Crippen LogP contribution in [0.15, 0.2) is 12.7 Å². The summed E-state index contributed by atoms with van der Waals surface area (Å²) in [5.41, 5.74) is 0. The van der Waals surface area contributed by atoms with Gasteiger partial charge in [-0.15, -0.1) is 6.58 Å². The van der Waals surface area contributed by atoms with Crippen LogP contribution in [0.2, 0.25) is 0 Å². The molecule has 1 saturated heterocycles. The number of unbranched alkanes of at least 4 members (excludes halogenated alkanes) is 1. The molecule has 1 aliphatic heterocycles. The molecular formula is C12H24N2O2S. The lowest BCUT2D eigenvalue weighted by Gasteiger charge is -2.24. The van der Waals surface area contributed by atoms with E-state index in [1.54, 1.807) is 4.31 Å². The van der Waals surface area contributed by atoms with E-state index in [2.05, 4.69) is 18.8 Å². The van der Waals surface area contributed by atoms with Crippen molar-refractivity contribution in [1.29, 1.82) is 0 Å².